The minimum absolute atomic E-state index is 0.0296. The van der Waals surface area contributed by atoms with Crippen molar-refractivity contribution in [3.8, 4) is 11.3 Å². The van der Waals surface area contributed by atoms with E-state index in [2.05, 4.69) is 50.0 Å². The van der Waals surface area contributed by atoms with Gasteiger partial charge in [-0.2, -0.15) is 0 Å². The third-order valence-electron chi connectivity index (χ3n) is 7.33. The van der Waals surface area contributed by atoms with E-state index in [4.69, 9.17) is 5.73 Å². The molecule has 0 spiro atoms. The van der Waals surface area contributed by atoms with Crippen molar-refractivity contribution in [2.24, 2.45) is 0 Å². The average Bonchev–Trinajstić information content (AvgIpc) is 2.95. The van der Waals surface area contributed by atoms with Gasteiger partial charge in [-0.1, -0.05) is 18.6 Å². The first-order valence-electron chi connectivity index (χ1n) is 14.1. The molecule has 2 aromatic heterocycles. The highest BCUT2D eigenvalue weighted by Crippen LogP contribution is 2.26. The van der Waals surface area contributed by atoms with Crippen molar-refractivity contribution < 1.29 is 14.0 Å². The Kier molecular flexibility index (Phi) is 10.1. The van der Waals surface area contributed by atoms with Crippen LogP contribution in [0.3, 0.4) is 0 Å². The van der Waals surface area contributed by atoms with Crippen LogP contribution in [0, 0.1) is 5.82 Å². The molecular formula is C30H39FN8O2. The third kappa shape index (κ3) is 7.91. The smallest absolute Gasteiger partial charge is 0.319 e. The predicted molar refractivity (Wildman–Crippen MR) is 160 cm³/mol. The number of hydrogen-bond acceptors (Lipinski definition) is 7. The molecule has 4 rings (SSSR count). The van der Waals surface area contributed by atoms with Gasteiger partial charge >= 0.3 is 6.03 Å². The Bertz CT molecular complexity index is 1340. The minimum atomic E-state index is -0.610. The molecule has 3 heterocycles. The molecule has 0 unspecified atom stereocenters. The molecule has 0 radical (unpaired) electrons. The van der Waals surface area contributed by atoms with Crippen molar-refractivity contribution in [1.29, 1.82) is 0 Å². The van der Waals surface area contributed by atoms with Crippen molar-refractivity contribution in [3.63, 3.8) is 0 Å². The number of nitrogens with zero attached hydrogens (tertiary/aromatic N) is 3. The fourth-order valence-corrected chi connectivity index (χ4v) is 5.08. The van der Waals surface area contributed by atoms with Gasteiger partial charge in [0.05, 0.1) is 16.9 Å². The van der Waals surface area contributed by atoms with Crippen LogP contribution in [0.5, 0.6) is 0 Å². The first kappa shape index (κ1) is 29.7. The quantitative estimate of drug-likeness (QED) is 0.243. The van der Waals surface area contributed by atoms with Crippen LogP contribution >= 0.6 is 0 Å². The minimum Gasteiger partial charge on any atom is -0.384 e. The van der Waals surface area contributed by atoms with E-state index in [-0.39, 0.29) is 18.1 Å². The zero-order valence-electron chi connectivity index (χ0n) is 23.8. The summed E-state index contributed by atoms with van der Waals surface area (Å²) in [5.74, 6) is 0.00437. The normalized spacial score (nSPS) is 17.1. The Morgan fingerprint density at radius 2 is 1.85 bits per heavy atom. The molecule has 11 heteroatoms. The molecule has 3 aromatic rings. The number of likely N-dealkylation sites (tertiary alicyclic amines) is 1. The number of aromatic nitrogens is 2. The number of nitrogens with two attached hydrogens (primary N) is 1. The molecule has 1 aromatic carbocycles. The molecule has 0 bridgehead atoms. The molecule has 1 saturated heterocycles. The number of amides is 3. The number of halogens is 1. The van der Waals surface area contributed by atoms with E-state index in [9.17, 15) is 14.0 Å². The summed E-state index contributed by atoms with van der Waals surface area (Å²) >= 11 is 0. The van der Waals surface area contributed by atoms with Crippen molar-refractivity contribution in [2.75, 3.05) is 36.0 Å². The Balaban J connectivity index is 1.38. The SMILES string of the molecule is CCNc1nc(-c2ccc(NC(=O)NCc3ccc(N)nc3)c(F)c2)ccc1C(=O)NCCN1[C@H](C)CCC[C@@H]1C. The molecule has 1 fully saturated rings. The molecule has 218 valence electrons. The summed E-state index contributed by atoms with van der Waals surface area (Å²) in [6.45, 7) is 8.53. The van der Waals surface area contributed by atoms with Crippen LogP contribution in [0.4, 0.5) is 26.5 Å². The number of rotatable bonds is 10. The highest BCUT2D eigenvalue weighted by molar-refractivity contribution is 5.99. The van der Waals surface area contributed by atoms with Gasteiger partial charge in [-0.25, -0.2) is 19.2 Å². The maximum atomic E-state index is 14.9. The molecule has 1 aliphatic heterocycles. The van der Waals surface area contributed by atoms with E-state index in [1.807, 2.05) is 6.92 Å². The van der Waals surface area contributed by atoms with Crippen molar-refractivity contribution in [3.05, 3.63) is 65.6 Å². The van der Waals surface area contributed by atoms with Gasteiger partial charge in [-0.15, -0.1) is 0 Å². The zero-order valence-corrected chi connectivity index (χ0v) is 23.8. The highest BCUT2D eigenvalue weighted by Gasteiger charge is 2.24. The number of piperidine rings is 1. The van der Waals surface area contributed by atoms with Gasteiger partial charge in [0.2, 0.25) is 0 Å². The molecule has 3 amide bonds. The summed E-state index contributed by atoms with van der Waals surface area (Å²) in [5, 5.41) is 11.4. The molecule has 10 nitrogen and oxygen atoms in total. The number of anilines is 3. The van der Waals surface area contributed by atoms with E-state index < -0.39 is 11.8 Å². The predicted octanol–water partition coefficient (Wildman–Crippen LogP) is 4.61. The maximum Gasteiger partial charge on any atom is 0.319 e. The summed E-state index contributed by atoms with van der Waals surface area (Å²) < 4.78 is 14.9. The van der Waals surface area contributed by atoms with Crippen LogP contribution in [-0.4, -0.2) is 58.5 Å². The lowest BCUT2D eigenvalue weighted by Crippen LogP contribution is -2.47. The Labute approximate surface area is 240 Å². The average molecular weight is 563 g/mol. The Morgan fingerprint density at radius 3 is 2.54 bits per heavy atom. The Hall–Kier alpha value is -4.25. The van der Waals surface area contributed by atoms with E-state index in [1.54, 1.807) is 36.5 Å². The van der Waals surface area contributed by atoms with E-state index in [0.29, 0.717) is 53.6 Å². The number of pyridine rings is 2. The summed E-state index contributed by atoms with van der Waals surface area (Å²) in [7, 11) is 0. The number of carbonyl (C=O) groups is 2. The fourth-order valence-electron chi connectivity index (χ4n) is 5.08. The maximum absolute atomic E-state index is 14.9. The highest BCUT2D eigenvalue weighted by atomic mass is 19.1. The van der Waals surface area contributed by atoms with Crippen molar-refractivity contribution in [1.82, 2.24) is 25.5 Å². The van der Waals surface area contributed by atoms with E-state index in [1.165, 1.54) is 31.4 Å². The third-order valence-corrected chi connectivity index (χ3v) is 7.33. The second-order valence-electron chi connectivity index (χ2n) is 10.3. The number of carbonyl (C=O) groups excluding carboxylic acids is 2. The second kappa shape index (κ2) is 13.9. The van der Waals surface area contributed by atoms with E-state index in [0.717, 1.165) is 12.1 Å². The fraction of sp³-hybridized carbons (Fsp3) is 0.400. The topological polar surface area (TPSA) is 137 Å². The zero-order chi connectivity index (χ0) is 29.4. The van der Waals surface area contributed by atoms with Gasteiger partial charge in [-0.05, 0) is 69.5 Å². The summed E-state index contributed by atoms with van der Waals surface area (Å²) in [5.41, 5.74) is 7.80. The second-order valence-corrected chi connectivity index (χ2v) is 10.3. The van der Waals surface area contributed by atoms with Crippen LogP contribution in [-0.2, 0) is 6.54 Å². The van der Waals surface area contributed by atoms with Crippen LogP contribution in [0.1, 0.15) is 56.0 Å². The lowest BCUT2D eigenvalue weighted by atomic mass is 9.98. The van der Waals surface area contributed by atoms with Gasteiger partial charge in [0.25, 0.3) is 5.91 Å². The van der Waals surface area contributed by atoms with Crippen LogP contribution in [0.25, 0.3) is 11.3 Å². The summed E-state index contributed by atoms with van der Waals surface area (Å²) in [6, 6.07) is 11.7. The lowest BCUT2D eigenvalue weighted by Gasteiger charge is -2.39. The van der Waals surface area contributed by atoms with Crippen LogP contribution in [0.2, 0.25) is 0 Å². The molecule has 0 saturated carbocycles. The summed E-state index contributed by atoms with van der Waals surface area (Å²) in [6.07, 6.45) is 5.17. The molecule has 6 N–H and O–H groups in total. The summed E-state index contributed by atoms with van der Waals surface area (Å²) in [4.78, 5) is 36.3. The van der Waals surface area contributed by atoms with Gasteiger partial charge < -0.3 is 27.0 Å². The lowest BCUT2D eigenvalue weighted by molar-refractivity contribution is 0.0889. The number of nitrogen functional groups attached to an aromatic ring is 1. The Morgan fingerprint density at radius 1 is 1.07 bits per heavy atom. The number of urea groups is 1. The van der Waals surface area contributed by atoms with Crippen LogP contribution < -0.4 is 27.0 Å². The van der Waals surface area contributed by atoms with Crippen molar-refractivity contribution >= 4 is 29.3 Å². The number of benzene rings is 1. The molecule has 41 heavy (non-hydrogen) atoms. The van der Waals surface area contributed by atoms with Crippen LogP contribution in [0.15, 0.2) is 48.7 Å². The monoisotopic (exact) mass is 562 g/mol. The van der Waals surface area contributed by atoms with Gasteiger partial charge in [-0.3, -0.25) is 9.69 Å². The first-order chi connectivity index (χ1) is 19.7. The van der Waals surface area contributed by atoms with E-state index >= 15 is 0 Å². The number of nitrogens with one attached hydrogen (secondary N) is 4. The van der Waals surface area contributed by atoms with Gasteiger partial charge in [0, 0.05) is 50.0 Å². The molecular weight excluding hydrogens is 523 g/mol. The van der Waals surface area contributed by atoms with Gasteiger partial charge in [0.15, 0.2) is 0 Å². The first-order valence-corrected chi connectivity index (χ1v) is 14.1. The van der Waals surface area contributed by atoms with Gasteiger partial charge in [0.1, 0.15) is 17.5 Å². The molecule has 1 aliphatic rings. The molecule has 2 atom stereocenters. The number of hydrogen-bond donors (Lipinski definition) is 5. The standard InChI is InChI=1S/C30H39FN8O2/c1-4-33-28-23(29(40)34-14-15-39-19(2)6-5-7-20(39)3)10-12-25(37-28)22-9-11-26(24(31)16-22)38-30(41)36-18-21-8-13-27(32)35-17-21/h8-13,16-17,19-20H,4-7,14-15,18H2,1-3H3,(H2,32,35)(H,33,37)(H,34,40)(H2,36,38,41)/t19-,20+. The largest absolute Gasteiger partial charge is 0.384 e. The molecule has 0 aliphatic carbocycles. The van der Waals surface area contributed by atoms with Crippen molar-refractivity contribution in [2.45, 2.75) is 58.7 Å².